The van der Waals surface area contributed by atoms with Crippen LogP contribution in [0.4, 0.5) is 4.39 Å². The number of thioether (sulfide) groups is 1. The predicted octanol–water partition coefficient (Wildman–Crippen LogP) is 5.99. The highest BCUT2D eigenvalue weighted by Crippen LogP contribution is 2.40. The van der Waals surface area contributed by atoms with Gasteiger partial charge < -0.3 is 19.3 Å². The number of aliphatic imine (C=N–C) groups is 1. The van der Waals surface area contributed by atoms with Crippen LogP contribution in [0.25, 0.3) is 6.08 Å². The van der Waals surface area contributed by atoms with Crippen molar-refractivity contribution in [2.24, 2.45) is 4.99 Å². The van der Waals surface area contributed by atoms with Crippen LogP contribution in [-0.2, 0) is 20.9 Å². The van der Waals surface area contributed by atoms with Crippen molar-refractivity contribution in [3.8, 4) is 11.5 Å². The number of carbonyl (C=O) groups is 2. The van der Waals surface area contributed by atoms with E-state index >= 15 is 0 Å². The van der Waals surface area contributed by atoms with Crippen molar-refractivity contribution in [3.63, 3.8) is 0 Å². The maximum atomic E-state index is 13.1. The number of hydrogen-bond acceptors (Lipinski definition) is 7. The van der Waals surface area contributed by atoms with Gasteiger partial charge in [0.05, 0.1) is 18.1 Å². The number of nitrogens with zero attached hydrogens (tertiary/aromatic N) is 1. The van der Waals surface area contributed by atoms with Crippen molar-refractivity contribution in [3.05, 3.63) is 75.6 Å². The molecule has 1 aliphatic rings. The molecule has 9 heteroatoms. The molecule has 1 amide bonds. The van der Waals surface area contributed by atoms with E-state index in [1.807, 2.05) is 13.8 Å². The lowest BCUT2D eigenvalue weighted by atomic mass is 10.1. The van der Waals surface area contributed by atoms with E-state index in [1.165, 1.54) is 12.1 Å². The van der Waals surface area contributed by atoms with Gasteiger partial charge in [-0.05, 0) is 61.7 Å². The summed E-state index contributed by atoms with van der Waals surface area (Å²) in [5, 5.41) is 10.9. The summed E-state index contributed by atoms with van der Waals surface area (Å²) in [7, 11) is 0. The van der Waals surface area contributed by atoms with Crippen molar-refractivity contribution in [1.82, 2.24) is 0 Å². The summed E-state index contributed by atoms with van der Waals surface area (Å²) in [6.45, 7) is 6.10. The number of halogens is 1. The summed E-state index contributed by atoms with van der Waals surface area (Å²) in [6, 6.07) is 11.3. The van der Waals surface area contributed by atoms with Crippen LogP contribution in [0.15, 0.2) is 63.7 Å². The number of esters is 1. The van der Waals surface area contributed by atoms with E-state index in [4.69, 9.17) is 14.2 Å². The van der Waals surface area contributed by atoms with Crippen LogP contribution in [-0.4, -0.2) is 35.2 Å². The van der Waals surface area contributed by atoms with Gasteiger partial charge in [-0.25, -0.2) is 14.2 Å². The minimum Gasteiger partial charge on any atom is -0.506 e. The first-order valence-corrected chi connectivity index (χ1v) is 12.4. The van der Waals surface area contributed by atoms with Crippen LogP contribution in [0.1, 0.15) is 44.7 Å². The first kappa shape index (κ1) is 27.0. The Morgan fingerprint density at radius 1 is 1.03 bits per heavy atom. The van der Waals surface area contributed by atoms with E-state index < -0.39 is 5.97 Å². The molecule has 0 saturated heterocycles. The quantitative estimate of drug-likeness (QED) is 0.390. The highest BCUT2D eigenvalue weighted by molar-refractivity contribution is 8.18. The number of carbonyl (C=O) groups excluding carboxylic acids is 2. The molecule has 3 rings (SSSR count). The molecule has 7 nitrogen and oxygen atoms in total. The lowest BCUT2D eigenvalue weighted by Crippen LogP contribution is -2.14. The number of rotatable bonds is 10. The van der Waals surface area contributed by atoms with Gasteiger partial charge in [0.2, 0.25) is 5.91 Å². The minimum absolute atomic E-state index is 0.111. The molecular formula is C27H28FNO6S. The van der Waals surface area contributed by atoms with Gasteiger partial charge in [0, 0.05) is 6.42 Å². The normalized spacial score (nSPS) is 15.4. The number of hydrogen-bond donors (Lipinski definition) is 1. The average Bonchev–Trinajstić information content (AvgIpc) is 3.14. The van der Waals surface area contributed by atoms with Crippen LogP contribution < -0.4 is 9.47 Å². The monoisotopic (exact) mass is 513 g/mol. The van der Waals surface area contributed by atoms with Crippen molar-refractivity contribution in [2.45, 2.75) is 40.2 Å². The standard InChI is InChI=1S/C27H28FNO6S/c1-4-7-23(30)29-26-24(27(32)34-6-3)25(31)22(36-26)15-18-10-13-20(21(14-18)33-5-2)35-16-17-8-11-19(28)12-9-17/h8-15,31H,4-7,16H2,1-3H3/b22-15-,29-26?. The molecule has 0 saturated carbocycles. The maximum absolute atomic E-state index is 13.1. The lowest BCUT2D eigenvalue weighted by Gasteiger charge is -2.13. The smallest absolute Gasteiger partial charge is 0.344 e. The molecule has 1 aliphatic heterocycles. The van der Waals surface area contributed by atoms with Crippen LogP contribution in [0.5, 0.6) is 11.5 Å². The molecule has 190 valence electrons. The molecular weight excluding hydrogens is 485 g/mol. The first-order valence-electron chi connectivity index (χ1n) is 11.6. The Morgan fingerprint density at radius 3 is 2.44 bits per heavy atom. The maximum Gasteiger partial charge on any atom is 0.344 e. The fraction of sp³-hybridized carbons (Fsp3) is 0.296. The summed E-state index contributed by atoms with van der Waals surface area (Å²) in [5.41, 5.74) is 1.35. The molecule has 0 aliphatic carbocycles. The van der Waals surface area contributed by atoms with Gasteiger partial charge in [-0.3, -0.25) is 4.79 Å². The zero-order chi connectivity index (χ0) is 26.1. The van der Waals surface area contributed by atoms with Gasteiger partial charge in [-0.15, -0.1) is 0 Å². The van der Waals surface area contributed by atoms with E-state index in [1.54, 1.807) is 43.3 Å². The van der Waals surface area contributed by atoms with Crippen LogP contribution in [0.2, 0.25) is 0 Å². The SMILES string of the molecule is CCCC(=O)N=C1S/C(=C\c2ccc(OCc3ccc(F)cc3)c(OCC)c2)C(O)=C1C(=O)OCC. The third-order valence-corrected chi connectivity index (χ3v) is 5.95. The molecule has 0 fully saturated rings. The third-order valence-electron chi connectivity index (χ3n) is 4.93. The Kier molecular flexibility index (Phi) is 9.69. The summed E-state index contributed by atoms with van der Waals surface area (Å²) < 4.78 is 29.8. The van der Waals surface area contributed by atoms with E-state index in [-0.39, 0.29) is 47.7 Å². The second-order valence-electron chi connectivity index (χ2n) is 7.67. The fourth-order valence-corrected chi connectivity index (χ4v) is 4.30. The number of aliphatic hydroxyl groups excluding tert-OH is 1. The average molecular weight is 514 g/mol. The largest absolute Gasteiger partial charge is 0.506 e. The molecule has 2 aromatic rings. The Balaban J connectivity index is 1.89. The second-order valence-corrected chi connectivity index (χ2v) is 8.70. The van der Waals surface area contributed by atoms with Gasteiger partial charge in [0.25, 0.3) is 0 Å². The van der Waals surface area contributed by atoms with Crippen molar-refractivity contribution in [1.29, 1.82) is 0 Å². The van der Waals surface area contributed by atoms with Gasteiger partial charge in [0.1, 0.15) is 28.8 Å². The van der Waals surface area contributed by atoms with Crippen molar-refractivity contribution >= 4 is 34.8 Å². The zero-order valence-corrected chi connectivity index (χ0v) is 21.2. The molecule has 36 heavy (non-hydrogen) atoms. The molecule has 1 N–H and O–H groups in total. The van der Waals surface area contributed by atoms with E-state index in [2.05, 4.69) is 4.99 Å². The molecule has 0 aromatic heterocycles. The van der Waals surface area contributed by atoms with E-state index in [9.17, 15) is 19.1 Å². The Hall–Kier alpha value is -3.59. The Morgan fingerprint density at radius 2 is 1.78 bits per heavy atom. The fourth-order valence-electron chi connectivity index (χ4n) is 3.27. The second kappa shape index (κ2) is 12.9. The van der Waals surface area contributed by atoms with Gasteiger partial charge >= 0.3 is 5.97 Å². The predicted molar refractivity (Wildman–Crippen MR) is 138 cm³/mol. The summed E-state index contributed by atoms with van der Waals surface area (Å²) in [6.07, 6.45) is 2.51. The lowest BCUT2D eigenvalue weighted by molar-refractivity contribution is -0.138. The molecule has 2 aromatic carbocycles. The van der Waals surface area contributed by atoms with Crippen molar-refractivity contribution in [2.75, 3.05) is 13.2 Å². The highest BCUT2D eigenvalue weighted by atomic mass is 32.2. The number of aliphatic hydroxyl groups is 1. The topological polar surface area (TPSA) is 94.4 Å². The molecule has 0 radical (unpaired) electrons. The molecule has 0 spiro atoms. The Bertz CT molecular complexity index is 1200. The number of benzene rings is 2. The molecule has 0 atom stereocenters. The summed E-state index contributed by atoms with van der Waals surface area (Å²) in [4.78, 5) is 28.9. The zero-order valence-electron chi connectivity index (χ0n) is 20.4. The van der Waals surface area contributed by atoms with Gasteiger partial charge in [-0.2, -0.15) is 0 Å². The van der Waals surface area contributed by atoms with Gasteiger partial charge in [-0.1, -0.05) is 36.9 Å². The highest BCUT2D eigenvalue weighted by Gasteiger charge is 2.33. The first-order chi connectivity index (χ1) is 17.4. The molecule has 1 heterocycles. The Labute approximate surface area is 213 Å². The molecule has 0 unspecified atom stereocenters. The summed E-state index contributed by atoms with van der Waals surface area (Å²) >= 11 is 1.02. The number of amides is 1. The molecule has 0 bridgehead atoms. The summed E-state index contributed by atoms with van der Waals surface area (Å²) in [5.74, 6) is -0.746. The van der Waals surface area contributed by atoms with Crippen molar-refractivity contribution < 1.29 is 33.3 Å². The number of ether oxygens (including phenoxy) is 3. The van der Waals surface area contributed by atoms with Crippen LogP contribution in [0.3, 0.4) is 0 Å². The van der Waals surface area contributed by atoms with Gasteiger partial charge in [0.15, 0.2) is 11.5 Å². The van der Waals surface area contributed by atoms with Crippen LogP contribution >= 0.6 is 11.8 Å². The van der Waals surface area contributed by atoms with Crippen LogP contribution in [0, 0.1) is 5.82 Å². The third kappa shape index (κ3) is 6.97. The minimum atomic E-state index is -0.742. The van der Waals surface area contributed by atoms with E-state index in [0.29, 0.717) is 35.0 Å². The van der Waals surface area contributed by atoms with E-state index in [0.717, 1.165) is 17.3 Å².